The van der Waals surface area contributed by atoms with Gasteiger partial charge in [0.05, 0.1) is 11.3 Å². The van der Waals surface area contributed by atoms with Crippen LogP contribution in [0.3, 0.4) is 0 Å². The van der Waals surface area contributed by atoms with Crippen molar-refractivity contribution < 1.29 is 0 Å². The lowest BCUT2D eigenvalue weighted by atomic mass is 9.82. The third-order valence-corrected chi connectivity index (χ3v) is 5.93. The number of hydrogen-bond acceptors (Lipinski definition) is 3. The van der Waals surface area contributed by atoms with Crippen molar-refractivity contribution in [2.75, 3.05) is 0 Å². The predicted molar refractivity (Wildman–Crippen MR) is 102 cm³/mol. The molecule has 0 bridgehead atoms. The van der Waals surface area contributed by atoms with Crippen molar-refractivity contribution in [2.24, 2.45) is 0 Å². The first-order chi connectivity index (χ1) is 12.8. The third-order valence-electron chi connectivity index (χ3n) is 5.93. The molecule has 0 unspecified atom stereocenters. The smallest absolute Gasteiger partial charge is 0.247 e. The molecule has 4 heteroatoms. The highest BCUT2D eigenvalue weighted by atomic mass is 16.1. The maximum Gasteiger partial charge on any atom is 0.247 e. The van der Waals surface area contributed by atoms with E-state index in [9.17, 15) is 10.1 Å². The molecule has 0 spiro atoms. The molecule has 2 aromatic heterocycles. The Morgan fingerprint density at radius 3 is 2.54 bits per heavy atom. The Hall–Kier alpha value is -2.41. The molecule has 0 aliphatic heterocycles. The SMILES string of the molecule is N#Cc1c(C2CCCCC2)nc2c(c1-c1ccc(=O)[nH]c1)CCCCC2. The van der Waals surface area contributed by atoms with Gasteiger partial charge in [-0.2, -0.15) is 5.26 Å². The molecule has 26 heavy (non-hydrogen) atoms. The van der Waals surface area contributed by atoms with Crippen LogP contribution in [0.15, 0.2) is 23.1 Å². The summed E-state index contributed by atoms with van der Waals surface area (Å²) in [6, 6.07) is 5.90. The average Bonchev–Trinajstić information content (AvgIpc) is 2.93. The zero-order valence-electron chi connectivity index (χ0n) is 15.2. The molecule has 2 aliphatic rings. The van der Waals surface area contributed by atoms with Crippen LogP contribution >= 0.6 is 0 Å². The van der Waals surface area contributed by atoms with Crippen LogP contribution in [0.5, 0.6) is 0 Å². The molecular formula is C22H25N3O. The third kappa shape index (κ3) is 3.19. The molecule has 2 aliphatic carbocycles. The standard InChI is InChI=1S/C22H25N3O/c23-13-18-21(16-11-12-20(26)24-14-16)17-9-5-2-6-10-19(17)25-22(18)15-7-3-1-4-8-15/h11-12,14-15H,1-10H2,(H,24,26). The molecule has 1 saturated carbocycles. The monoisotopic (exact) mass is 347 g/mol. The summed E-state index contributed by atoms with van der Waals surface area (Å²) in [6.45, 7) is 0. The second kappa shape index (κ2) is 7.45. The van der Waals surface area contributed by atoms with Crippen LogP contribution < -0.4 is 5.56 Å². The van der Waals surface area contributed by atoms with Gasteiger partial charge in [-0.3, -0.25) is 9.78 Å². The van der Waals surface area contributed by atoms with Crippen LogP contribution in [0.4, 0.5) is 0 Å². The Kier molecular flexibility index (Phi) is 4.88. The average molecular weight is 347 g/mol. The Bertz CT molecular complexity index is 880. The normalized spacial score (nSPS) is 18.0. The largest absolute Gasteiger partial charge is 0.328 e. The van der Waals surface area contributed by atoms with Gasteiger partial charge in [0.2, 0.25) is 5.56 Å². The van der Waals surface area contributed by atoms with E-state index in [4.69, 9.17) is 4.98 Å². The van der Waals surface area contributed by atoms with Crippen LogP contribution in [0.1, 0.15) is 79.8 Å². The Morgan fingerprint density at radius 1 is 1.04 bits per heavy atom. The highest BCUT2D eigenvalue weighted by Gasteiger charge is 2.27. The predicted octanol–water partition coefficient (Wildman–Crippen LogP) is 4.63. The van der Waals surface area contributed by atoms with Crippen molar-refractivity contribution in [3.63, 3.8) is 0 Å². The van der Waals surface area contributed by atoms with Gasteiger partial charge < -0.3 is 4.98 Å². The van der Waals surface area contributed by atoms with Gasteiger partial charge in [-0.15, -0.1) is 0 Å². The maximum atomic E-state index is 11.5. The van der Waals surface area contributed by atoms with Crippen molar-refractivity contribution >= 4 is 0 Å². The van der Waals surface area contributed by atoms with E-state index in [0.29, 0.717) is 5.92 Å². The summed E-state index contributed by atoms with van der Waals surface area (Å²) in [6.07, 6.45) is 13.2. The van der Waals surface area contributed by atoms with Gasteiger partial charge in [-0.05, 0) is 55.7 Å². The van der Waals surface area contributed by atoms with Crippen LogP contribution in [0.25, 0.3) is 11.1 Å². The van der Waals surface area contributed by atoms with Gasteiger partial charge in [-0.25, -0.2) is 0 Å². The number of hydrogen-bond donors (Lipinski definition) is 1. The first-order valence-corrected chi connectivity index (χ1v) is 9.93. The van der Waals surface area contributed by atoms with E-state index in [-0.39, 0.29) is 5.56 Å². The number of H-pyrrole nitrogens is 1. The number of aromatic amines is 1. The fourth-order valence-electron chi connectivity index (χ4n) is 4.61. The Balaban J connectivity index is 1.95. The lowest BCUT2D eigenvalue weighted by molar-refractivity contribution is 0.435. The summed E-state index contributed by atoms with van der Waals surface area (Å²) >= 11 is 0. The minimum Gasteiger partial charge on any atom is -0.328 e. The quantitative estimate of drug-likeness (QED) is 0.806. The molecule has 0 saturated heterocycles. The fraction of sp³-hybridized carbons (Fsp3) is 0.500. The minimum atomic E-state index is -0.111. The van der Waals surface area contributed by atoms with Crippen LogP contribution in [0, 0.1) is 11.3 Å². The van der Waals surface area contributed by atoms with E-state index in [0.717, 1.165) is 54.5 Å². The topological polar surface area (TPSA) is 69.5 Å². The first kappa shape index (κ1) is 17.0. The van der Waals surface area contributed by atoms with Gasteiger partial charge in [0.15, 0.2) is 0 Å². The molecular weight excluding hydrogens is 322 g/mol. The van der Waals surface area contributed by atoms with E-state index in [2.05, 4.69) is 11.1 Å². The van der Waals surface area contributed by atoms with Crippen molar-refractivity contribution in [1.29, 1.82) is 5.26 Å². The van der Waals surface area contributed by atoms with Gasteiger partial charge in [0.1, 0.15) is 6.07 Å². The summed E-state index contributed by atoms with van der Waals surface area (Å²) < 4.78 is 0. The summed E-state index contributed by atoms with van der Waals surface area (Å²) in [7, 11) is 0. The molecule has 4 nitrogen and oxygen atoms in total. The molecule has 134 valence electrons. The summed E-state index contributed by atoms with van der Waals surface area (Å²) in [5, 5.41) is 10.1. The zero-order valence-corrected chi connectivity index (χ0v) is 15.2. The van der Waals surface area contributed by atoms with E-state index in [1.807, 2.05) is 6.07 Å². The summed E-state index contributed by atoms with van der Waals surface area (Å²) in [4.78, 5) is 19.4. The van der Waals surface area contributed by atoms with E-state index in [1.54, 1.807) is 12.3 Å². The zero-order chi connectivity index (χ0) is 17.9. The van der Waals surface area contributed by atoms with Crippen molar-refractivity contribution in [1.82, 2.24) is 9.97 Å². The molecule has 0 amide bonds. The Labute approximate surface area is 154 Å². The molecule has 1 N–H and O–H groups in total. The van der Waals surface area contributed by atoms with E-state index < -0.39 is 0 Å². The maximum absolute atomic E-state index is 11.5. The van der Waals surface area contributed by atoms with Crippen molar-refractivity contribution in [2.45, 2.75) is 70.1 Å². The van der Waals surface area contributed by atoms with Crippen LogP contribution in [0.2, 0.25) is 0 Å². The molecule has 0 aromatic carbocycles. The van der Waals surface area contributed by atoms with Crippen LogP contribution in [-0.2, 0) is 12.8 Å². The summed E-state index contributed by atoms with van der Waals surface area (Å²) in [5.74, 6) is 0.397. The molecule has 4 rings (SSSR count). The van der Waals surface area contributed by atoms with Gasteiger partial charge in [0, 0.05) is 29.4 Å². The van der Waals surface area contributed by atoms with Crippen molar-refractivity contribution in [3.8, 4) is 17.2 Å². The number of nitrogens with zero attached hydrogens (tertiary/aromatic N) is 2. The van der Waals surface area contributed by atoms with Crippen LogP contribution in [-0.4, -0.2) is 9.97 Å². The molecule has 0 atom stereocenters. The number of rotatable bonds is 2. The lowest BCUT2D eigenvalue weighted by Gasteiger charge is -2.25. The minimum absolute atomic E-state index is 0.111. The molecule has 1 fully saturated rings. The second-order valence-corrected chi connectivity index (χ2v) is 7.62. The highest BCUT2D eigenvalue weighted by molar-refractivity contribution is 5.75. The van der Waals surface area contributed by atoms with E-state index in [1.165, 1.54) is 43.4 Å². The number of pyridine rings is 2. The van der Waals surface area contributed by atoms with Crippen molar-refractivity contribution in [3.05, 3.63) is 51.2 Å². The molecule has 2 heterocycles. The first-order valence-electron chi connectivity index (χ1n) is 9.93. The number of fused-ring (bicyclic) bond motifs is 1. The number of nitriles is 1. The number of nitrogens with one attached hydrogen (secondary N) is 1. The lowest BCUT2D eigenvalue weighted by Crippen LogP contribution is -2.14. The molecule has 2 aromatic rings. The fourth-order valence-corrected chi connectivity index (χ4v) is 4.61. The van der Waals surface area contributed by atoms with Gasteiger partial charge in [-0.1, -0.05) is 25.7 Å². The second-order valence-electron chi connectivity index (χ2n) is 7.62. The Morgan fingerprint density at radius 2 is 1.81 bits per heavy atom. The van der Waals surface area contributed by atoms with Gasteiger partial charge >= 0.3 is 0 Å². The van der Waals surface area contributed by atoms with Gasteiger partial charge in [0.25, 0.3) is 0 Å². The summed E-state index contributed by atoms with van der Waals surface area (Å²) in [5.41, 5.74) is 6.02. The number of aryl methyl sites for hydroxylation is 1. The highest BCUT2D eigenvalue weighted by Crippen LogP contribution is 2.40. The molecule has 0 radical (unpaired) electrons. The number of aromatic nitrogens is 2. The van der Waals surface area contributed by atoms with E-state index >= 15 is 0 Å².